The van der Waals surface area contributed by atoms with Gasteiger partial charge in [-0.2, -0.15) is 0 Å². The number of nitrogens with zero attached hydrogens (tertiary/aromatic N) is 2. The van der Waals surface area contributed by atoms with E-state index < -0.39 is 6.10 Å². The molecule has 1 aromatic heterocycles. The van der Waals surface area contributed by atoms with Crippen LogP contribution in [0, 0.1) is 13.8 Å². The molecule has 3 aromatic rings. The van der Waals surface area contributed by atoms with Gasteiger partial charge in [-0.25, -0.2) is 4.98 Å². The monoisotopic (exact) mass is 475 g/mol. The summed E-state index contributed by atoms with van der Waals surface area (Å²) in [4.78, 5) is 32.7. The Labute approximate surface area is 193 Å². The zero-order valence-corrected chi connectivity index (χ0v) is 19.4. The van der Waals surface area contributed by atoms with Gasteiger partial charge >= 0.3 is 0 Å². The van der Waals surface area contributed by atoms with E-state index in [9.17, 15) is 9.59 Å². The van der Waals surface area contributed by atoms with Crippen LogP contribution in [0.15, 0.2) is 36.4 Å². The van der Waals surface area contributed by atoms with Crippen molar-refractivity contribution >= 4 is 57.7 Å². The second-order valence-corrected chi connectivity index (χ2v) is 9.40. The molecule has 0 spiro atoms. The number of hydrogen-bond donors (Lipinski definition) is 1. The van der Waals surface area contributed by atoms with E-state index in [1.165, 1.54) is 4.90 Å². The molecule has 0 bridgehead atoms. The normalized spacial score (nSPS) is 15.5. The first-order valence-electron chi connectivity index (χ1n) is 9.54. The summed E-state index contributed by atoms with van der Waals surface area (Å²) in [5.41, 5.74) is 2.75. The Morgan fingerprint density at radius 2 is 1.97 bits per heavy atom. The van der Waals surface area contributed by atoms with E-state index in [4.69, 9.17) is 27.9 Å². The Hall–Kier alpha value is -2.61. The zero-order chi connectivity index (χ0) is 22.3. The maximum absolute atomic E-state index is 12.9. The summed E-state index contributed by atoms with van der Waals surface area (Å²) in [6, 6.07) is 10.4. The maximum Gasteiger partial charge on any atom is 0.268 e. The van der Waals surface area contributed by atoms with E-state index in [-0.39, 0.29) is 18.4 Å². The van der Waals surface area contributed by atoms with Crippen LogP contribution in [0.3, 0.4) is 0 Å². The number of nitrogens with one attached hydrogen (secondary N) is 1. The van der Waals surface area contributed by atoms with E-state index in [1.54, 1.807) is 36.5 Å². The summed E-state index contributed by atoms with van der Waals surface area (Å²) >= 11 is 13.6. The molecular formula is C22H19Cl2N3O3S. The SMILES string of the molecule is Cc1nc(-c2ccc3c(c2)N(CC(=O)Nc2ccc(Cl)c(Cl)c2)C(=O)C(C)O3)c(C)s1. The van der Waals surface area contributed by atoms with E-state index in [0.29, 0.717) is 27.2 Å². The van der Waals surface area contributed by atoms with Crippen LogP contribution in [0.25, 0.3) is 11.3 Å². The molecule has 1 aliphatic rings. The molecule has 4 rings (SSSR count). The highest BCUT2D eigenvalue weighted by atomic mass is 35.5. The van der Waals surface area contributed by atoms with E-state index in [2.05, 4.69) is 10.3 Å². The van der Waals surface area contributed by atoms with Gasteiger partial charge in [-0.05, 0) is 57.2 Å². The fourth-order valence-corrected chi connectivity index (χ4v) is 4.57. The Morgan fingerprint density at radius 3 is 2.65 bits per heavy atom. The molecule has 1 atom stereocenters. The third-order valence-corrected chi connectivity index (χ3v) is 6.47. The molecule has 2 amide bonds. The molecule has 2 heterocycles. The number of rotatable bonds is 4. The molecule has 0 saturated heterocycles. The molecule has 160 valence electrons. The van der Waals surface area contributed by atoms with Crippen molar-refractivity contribution in [3.05, 3.63) is 56.3 Å². The van der Waals surface area contributed by atoms with Crippen molar-refractivity contribution in [2.75, 3.05) is 16.8 Å². The van der Waals surface area contributed by atoms with Gasteiger partial charge < -0.3 is 10.1 Å². The van der Waals surface area contributed by atoms with Crippen LogP contribution in [-0.2, 0) is 9.59 Å². The fraction of sp³-hybridized carbons (Fsp3) is 0.227. The third kappa shape index (κ3) is 4.39. The van der Waals surface area contributed by atoms with Gasteiger partial charge in [-0.15, -0.1) is 11.3 Å². The number of anilines is 2. The number of hydrogen-bond acceptors (Lipinski definition) is 5. The minimum Gasteiger partial charge on any atom is -0.479 e. The second-order valence-electron chi connectivity index (χ2n) is 7.18. The summed E-state index contributed by atoms with van der Waals surface area (Å²) in [7, 11) is 0. The van der Waals surface area contributed by atoms with Crippen LogP contribution in [0.5, 0.6) is 5.75 Å². The molecule has 0 radical (unpaired) electrons. The number of amides is 2. The summed E-state index contributed by atoms with van der Waals surface area (Å²) in [5, 5.41) is 4.44. The average Bonchev–Trinajstić information content (AvgIpc) is 3.06. The number of ether oxygens (including phenoxy) is 1. The van der Waals surface area contributed by atoms with Gasteiger partial charge in [0.15, 0.2) is 6.10 Å². The van der Waals surface area contributed by atoms with E-state index >= 15 is 0 Å². The molecular weight excluding hydrogens is 457 g/mol. The van der Waals surface area contributed by atoms with E-state index in [0.717, 1.165) is 21.1 Å². The number of thiazole rings is 1. The lowest BCUT2D eigenvalue weighted by molar-refractivity contribution is -0.127. The lowest BCUT2D eigenvalue weighted by Crippen LogP contribution is -2.47. The summed E-state index contributed by atoms with van der Waals surface area (Å²) in [6.45, 7) is 5.45. The third-order valence-electron chi connectivity index (χ3n) is 4.85. The first-order valence-corrected chi connectivity index (χ1v) is 11.1. The van der Waals surface area contributed by atoms with Crippen LogP contribution in [0.1, 0.15) is 16.8 Å². The number of aromatic nitrogens is 1. The molecule has 0 aliphatic carbocycles. The molecule has 2 aromatic carbocycles. The van der Waals surface area contributed by atoms with Crippen LogP contribution < -0.4 is 15.0 Å². The smallest absolute Gasteiger partial charge is 0.268 e. The Balaban J connectivity index is 1.63. The molecule has 0 saturated carbocycles. The van der Waals surface area contributed by atoms with Crippen molar-refractivity contribution in [2.24, 2.45) is 0 Å². The Bertz CT molecular complexity index is 1190. The molecule has 1 N–H and O–H groups in total. The van der Waals surface area contributed by atoms with Crippen molar-refractivity contribution in [3.8, 4) is 17.0 Å². The van der Waals surface area contributed by atoms with Crippen LogP contribution in [0.4, 0.5) is 11.4 Å². The zero-order valence-electron chi connectivity index (χ0n) is 17.0. The van der Waals surface area contributed by atoms with E-state index in [1.807, 2.05) is 32.0 Å². The molecule has 1 unspecified atom stereocenters. The van der Waals surface area contributed by atoms with Crippen LogP contribution in [-0.4, -0.2) is 29.4 Å². The molecule has 0 fully saturated rings. The summed E-state index contributed by atoms with van der Waals surface area (Å²) in [5.74, 6) is -0.110. The first kappa shape index (κ1) is 21.6. The predicted octanol–water partition coefficient (Wildman–Crippen LogP) is 5.49. The highest BCUT2D eigenvalue weighted by Crippen LogP contribution is 2.38. The highest BCUT2D eigenvalue weighted by molar-refractivity contribution is 7.11. The van der Waals surface area contributed by atoms with Crippen LogP contribution in [0.2, 0.25) is 10.0 Å². The topological polar surface area (TPSA) is 71.5 Å². The Kier molecular flexibility index (Phi) is 5.92. The number of benzene rings is 2. The molecule has 9 heteroatoms. The maximum atomic E-state index is 12.9. The van der Waals surface area contributed by atoms with Crippen molar-refractivity contribution in [1.82, 2.24) is 4.98 Å². The van der Waals surface area contributed by atoms with Gasteiger partial charge in [0.25, 0.3) is 5.91 Å². The average molecular weight is 476 g/mol. The van der Waals surface area contributed by atoms with Crippen molar-refractivity contribution < 1.29 is 14.3 Å². The van der Waals surface area contributed by atoms with Crippen molar-refractivity contribution in [2.45, 2.75) is 26.9 Å². The highest BCUT2D eigenvalue weighted by Gasteiger charge is 2.33. The lowest BCUT2D eigenvalue weighted by Gasteiger charge is -2.33. The molecule has 1 aliphatic heterocycles. The number of fused-ring (bicyclic) bond motifs is 1. The van der Waals surface area contributed by atoms with Gasteiger partial charge in [-0.1, -0.05) is 23.2 Å². The van der Waals surface area contributed by atoms with Gasteiger partial charge in [0.2, 0.25) is 5.91 Å². The number of carbonyl (C=O) groups excluding carboxylic acids is 2. The fourth-order valence-electron chi connectivity index (χ4n) is 3.43. The number of aryl methyl sites for hydroxylation is 2. The van der Waals surface area contributed by atoms with Gasteiger partial charge in [0.1, 0.15) is 12.3 Å². The minimum absolute atomic E-state index is 0.168. The molecule has 6 nitrogen and oxygen atoms in total. The summed E-state index contributed by atoms with van der Waals surface area (Å²) < 4.78 is 5.76. The predicted molar refractivity (Wildman–Crippen MR) is 125 cm³/mol. The Morgan fingerprint density at radius 1 is 1.19 bits per heavy atom. The van der Waals surface area contributed by atoms with Gasteiger partial charge in [0.05, 0.1) is 26.4 Å². The first-order chi connectivity index (χ1) is 14.7. The standard InChI is InChI=1S/C22H19Cl2N3O3S/c1-11-22(29)27(10-20(28)26-15-5-6-16(23)17(24)9-15)18-8-14(4-7-19(18)30-11)21-12(2)31-13(3)25-21/h4-9,11H,10H2,1-3H3,(H,26,28). The van der Waals surface area contributed by atoms with Gasteiger partial charge in [-0.3, -0.25) is 14.5 Å². The largest absolute Gasteiger partial charge is 0.479 e. The summed E-state index contributed by atoms with van der Waals surface area (Å²) in [6.07, 6.45) is -0.695. The van der Waals surface area contributed by atoms with Crippen molar-refractivity contribution in [3.63, 3.8) is 0 Å². The number of carbonyl (C=O) groups is 2. The quantitative estimate of drug-likeness (QED) is 0.541. The van der Waals surface area contributed by atoms with Gasteiger partial charge in [0, 0.05) is 16.1 Å². The minimum atomic E-state index is -0.695. The molecule has 31 heavy (non-hydrogen) atoms. The second kappa shape index (κ2) is 8.49. The van der Waals surface area contributed by atoms with Crippen LogP contribution >= 0.6 is 34.5 Å². The van der Waals surface area contributed by atoms with Crippen molar-refractivity contribution in [1.29, 1.82) is 0 Å². The number of halogens is 2. The lowest BCUT2D eigenvalue weighted by atomic mass is 10.1.